The van der Waals surface area contributed by atoms with Gasteiger partial charge in [-0.3, -0.25) is 10.5 Å². The molecule has 3 N–H and O–H groups in total. The number of carbonyl (C=O) groups excluding carboxylic acids is 1. The highest BCUT2D eigenvalue weighted by atomic mass is 16.5. The Morgan fingerprint density at radius 2 is 1.76 bits per heavy atom. The molecule has 0 saturated heterocycles. The number of ether oxygens (including phenoxy) is 2. The molecule has 2 atom stereocenters. The molecule has 0 saturated carbocycles. The predicted molar refractivity (Wildman–Crippen MR) is 113 cm³/mol. The van der Waals surface area contributed by atoms with Crippen LogP contribution in [-0.2, 0) is 21.7 Å². The van der Waals surface area contributed by atoms with Crippen molar-refractivity contribution in [2.75, 3.05) is 13.7 Å². The maximum atomic E-state index is 11.3. The van der Waals surface area contributed by atoms with Crippen LogP contribution in [0.3, 0.4) is 0 Å². The molecule has 0 aliphatic heterocycles. The lowest BCUT2D eigenvalue weighted by Gasteiger charge is -2.27. The summed E-state index contributed by atoms with van der Waals surface area (Å²) in [5.41, 5.74) is 6.36. The first kappa shape index (κ1) is 20.8. The van der Waals surface area contributed by atoms with Crippen molar-refractivity contribution in [3.05, 3.63) is 77.9 Å². The number of fused-ring (bicyclic) bond motifs is 1. The van der Waals surface area contributed by atoms with Crippen molar-refractivity contribution in [1.82, 2.24) is 0 Å². The van der Waals surface area contributed by atoms with Crippen LogP contribution in [0.1, 0.15) is 24.5 Å². The number of carbonyl (C=O) groups is 1. The largest absolute Gasteiger partial charge is 0.493 e. The van der Waals surface area contributed by atoms with E-state index in [1.165, 1.54) is 7.11 Å². The maximum Gasteiger partial charge on any atom is 0.309 e. The van der Waals surface area contributed by atoms with Crippen LogP contribution in [0.2, 0.25) is 0 Å². The minimum Gasteiger partial charge on any atom is -0.493 e. The molecule has 0 spiro atoms. The van der Waals surface area contributed by atoms with E-state index in [0.717, 1.165) is 16.3 Å². The molecule has 0 amide bonds. The highest BCUT2D eigenvalue weighted by molar-refractivity contribution is 5.83. The van der Waals surface area contributed by atoms with Gasteiger partial charge >= 0.3 is 5.97 Å². The number of hydrogen-bond donors (Lipinski definition) is 2. The number of benzene rings is 3. The summed E-state index contributed by atoms with van der Waals surface area (Å²) in [7, 11) is 1.37. The quantitative estimate of drug-likeness (QED) is 0.450. The molecule has 0 aromatic heterocycles. The molecule has 0 bridgehead atoms. The van der Waals surface area contributed by atoms with Crippen LogP contribution in [0, 0.1) is 5.92 Å². The lowest BCUT2D eigenvalue weighted by molar-refractivity contribution is -0.139. The Hall–Kier alpha value is -2.89. The van der Waals surface area contributed by atoms with Gasteiger partial charge < -0.3 is 14.6 Å². The molecular weight excluding hydrogens is 366 g/mol. The average Bonchev–Trinajstić information content (AvgIpc) is 2.72. The first-order chi connectivity index (χ1) is 13.9. The fourth-order valence-corrected chi connectivity index (χ4v) is 3.35. The topological polar surface area (TPSA) is 81.8 Å². The third kappa shape index (κ3) is 5.56. The van der Waals surface area contributed by atoms with Crippen molar-refractivity contribution in [2.45, 2.75) is 25.5 Å². The van der Waals surface area contributed by atoms with Gasteiger partial charge in [0.2, 0.25) is 0 Å². The van der Waals surface area contributed by atoms with Crippen molar-refractivity contribution in [2.24, 2.45) is 11.7 Å². The van der Waals surface area contributed by atoms with E-state index in [0.29, 0.717) is 24.3 Å². The molecule has 3 aromatic rings. The zero-order valence-corrected chi connectivity index (χ0v) is 16.8. The van der Waals surface area contributed by atoms with Gasteiger partial charge in [0.05, 0.1) is 20.1 Å². The Morgan fingerprint density at radius 1 is 1.07 bits per heavy atom. The second-order valence-corrected chi connectivity index (χ2v) is 7.50. The van der Waals surface area contributed by atoms with Crippen molar-refractivity contribution in [1.29, 1.82) is 0 Å². The summed E-state index contributed by atoms with van der Waals surface area (Å²) in [6.07, 6.45) is 0.602. The van der Waals surface area contributed by atoms with E-state index in [2.05, 4.69) is 4.74 Å². The zero-order valence-electron chi connectivity index (χ0n) is 16.8. The van der Waals surface area contributed by atoms with Crippen LogP contribution in [0.4, 0.5) is 0 Å². The summed E-state index contributed by atoms with van der Waals surface area (Å²) >= 11 is 0. The number of nitrogens with two attached hydrogens (primary N) is 1. The summed E-state index contributed by atoms with van der Waals surface area (Å²) in [6.45, 7) is 2.41. The third-order valence-electron chi connectivity index (χ3n) is 4.94. The van der Waals surface area contributed by atoms with Crippen LogP contribution in [0.15, 0.2) is 66.7 Å². The van der Waals surface area contributed by atoms with E-state index < -0.39 is 5.72 Å². The van der Waals surface area contributed by atoms with E-state index in [-0.39, 0.29) is 18.3 Å². The van der Waals surface area contributed by atoms with Gasteiger partial charge in [0, 0.05) is 0 Å². The highest BCUT2D eigenvalue weighted by Crippen LogP contribution is 2.27. The summed E-state index contributed by atoms with van der Waals surface area (Å²) < 4.78 is 10.5. The molecule has 0 aliphatic carbocycles. The number of hydrogen-bond acceptors (Lipinski definition) is 5. The van der Waals surface area contributed by atoms with Crippen molar-refractivity contribution in [3.63, 3.8) is 0 Å². The van der Waals surface area contributed by atoms with Gasteiger partial charge in [-0.15, -0.1) is 0 Å². The molecule has 0 fully saturated rings. The van der Waals surface area contributed by atoms with Crippen LogP contribution < -0.4 is 10.5 Å². The van der Waals surface area contributed by atoms with E-state index in [9.17, 15) is 9.90 Å². The van der Waals surface area contributed by atoms with Gasteiger partial charge in [0.15, 0.2) is 0 Å². The Labute approximate surface area is 171 Å². The van der Waals surface area contributed by atoms with Crippen LogP contribution in [0.25, 0.3) is 10.8 Å². The maximum absolute atomic E-state index is 11.3. The zero-order chi connectivity index (χ0) is 20.9. The third-order valence-corrected chi connectivity index (χ3v) is 4.94. The number of methoxy groups -OCH3 is 1. The molecule has 2 unspecified atom stereocenters. The van der Waals surface area contributed by atoms with Gasteiger partial charge in [-0.2, -0.15) is 0 Å². The minimum atomic E-state index is -1.43. The van der Waals surface area contributed by atoms with E-state index >= 15 is 0 Å². The minimum absolute atomic E-state index is 0.0335. The van der Waals surface area contributed by atoms with Gasteiger partial charge in [0.1, 0.15) is 11.5 Å². The Morgan fingerprint density at radius 3 is 2.45 bits per heavy atom. The number of rotatable bonds is 8. The number of esters is 1. The lowest BCUT2D eigenvalue weighted by Crippen LogP contribution is -2.39. The second kappa shape index (κ2) is 9.07. The Balaban J connectivity index is 1.57. The predicted octanol–water partition coefficient (Wildman–Crippen LogP) is 3.76. The second-order valence-electron chi connectivity index (χ2n) is 7.50. The standard InChI is InChI=1S/C24H27NO4/c1-17(16-29-22-11-7-18(8-12-22)13-23(26)28-2)15-24(25,27)21-10-9-19-5-3-4-6-20(19)14-21/h3-12,14,17,27H,13,15-16,25H2,1-2H3. The van der Waals surface area contributed by atoms with E-state index in [1.54, 1.807) is 0 Å². The molecule has 152 valence electrons. The Bertz CT molecular complexity index is 966. The summed E-state index contributed by atoms with van der Waals surface area (Å²) in [4.78, 5) is 11.3. The normalized spacial score (nSPS) is 14.2. The molecule has 5 nitrogen and oxygen atoms in total. The van der Waals surface area contributed by atoms with Gasteiger partial charge in [-0.25, -0.2) is 0 Å². The van der Waals surface area contributed by atoms with E-state index in [1.807, 2.05) is 73.7 Å². The van der Waals surface area contributed by atoms with Crippen LogP contribution >= 0.6 is 0 Å². The molecule has 3 aromatic carbocycles. The SMILES string of the molecule is COC(=O)Cc1ccc(OCC(C)CC(N)(O)c2ccc3ccccc3c2)cc1. The average molecular weight is 393 g/mol. The number of aliphatic hydroxyl groups is 1. The summed E-state index contributed by atoms with van der Waals surface area (Å²) in [6, 6.07) is 21.1. The smallest absolute Gasteiger partial charge is 0.309 e. The van der Waals surface area contributed by atoms with Crippen LogP contribution in [-0.4, -0.2) is 24.8 Å². The molecule has 0 heterocycles. The fourth-order valence-electron chi connectivity index (χ4n) is 3.35. The van der Waals surface area contributed by atoms with Crippen molar-refractivity contribution < 1.29 is 19.4 Å². The van der Waals surface area contributed by atoms with Gasteiger partial charge in [0.25, 0.3) is 0 Å². The highest BCUT2D eigenvalue weighted by Gasteiger charge is 2.27. The van der Waals surface area contributed by atoms with E-state index in [4.69, 9.17) is 10.5 Å². The molecule has 0 radical (unpaired) electrons. The first-order valence-electron chi connectivity index (χ1n) is 9.66. The monoisotopic (exact) mass is 393 g/mol. The van der Waals surface area contributed by atoms with Crippen LogP contribution in [0.5, 0.6) is 5.75 Å². The lowest BCUT2D eigenvalue weighted by atomic mass is 9.92. The van der Waals surface area contributed by atoms with Gasteiger partial charge in [-0.05, 0) is 52.4 Å². The molecule has 29 heavy (non-hydrogen) atoms. The summed E-state index contributed by atoms with van der Waals surface area (Å²) in [5.74, 6) is 0.464. The van der Waals surface area contributed by atoms with Gasteiger partial charge in [-0.1, -0.05) is 55.5 Å². The Kier molecular flexibility index (Phi) is 6.52. The molecule has 0 aliphatic rings. The molecule has 5 heteroatoms. The molecular formula is C24H27NO4. The summed E-state index contributed by atoms with van der Waals surface area (Å²) in [5, 5.41) is 13.0. The van der Waals surface area contributed by atoms with Crippen molar-refractivity contribution >= 4 is 16.7 Å². The van der Waals surface area contributed by atoms with Crippen molar-refractivity contribution in [3.8, 4) is 5.75 Å². The first-order valence-corrected chi connectivity index (χ1v) is 9.66. The molecule has 3 rings (SSSR count). The fraction of sp³-hybridized carbons (Fsp3) is 0.292.